The average Bonchev–Trinajstić information content (AvgIpc) is 3.65. The molecule has 1 aliphatic heterocycles. The molecule has 5 rings (SSSR count). The van der Waals surface area contributed by atoms with E-state index in [1.165, 1.54) is 14.2 Å². The molecule has 1 fully saturated rings. The summed E-state index contributed by atoms with van der Waals surface area (Å²) in [6.45, 7) is -0.380. The molecule has 0 spiro atoms. The summed E-state index contributed by atoms with van der Waals surface area (Å²) in [4.78, 5) is 27.5. The summed E-state index contributed by atoms with van der Waals surface area (Å²) < 4.78 is 12.6. The quantitative estimate of drug-likeness (QED) is 0.195. The molecule has 4 aromatic rings. The number of nitrogens with zero attached hydrogens (tertiary/aromatic N) is 5. The molecule has 0 unspecified atom stereocenters. The molecule has 40 heavy (non-hydrogen) atoms. The Bertz CT molecular complexity index is 1530. The predicted octanol–water partition coefficient (Wildman–Crippen LogP) is 2.11. The molecule has 0 saturated carbocycles. The summed E-state index contributed by atoms with van der Waals surface area (Å²) in [5.41, 5.74) is 2.64. The van der Waals surface area contributed by atoms with Crippen LogP contribution in [0.25, 0.3) is 16.6 Å². The summed E-state index contributed by atoms with van der Waals surface area (Å²) in [5, 5.41) is 42.7. The number of methoxy groups -OCH3 is 2. The largest absolute Gasteiger partial charge is 0.493 e. The van der Waals surface area contributed by atoms with Crippen molar-refractivity contribution in [2.45, 2.75) is 38.7 Å². The number of nitrogens with one attached hydrogen (secondary N) is 1. The third-order valence-electron chi connectivity index (χ3n) is 7.03. The number of aliphatic hydroxyl groups is 3. The van der Waals surface area contributed by atoms with E-state index in [-0.39, 0.29) is 25.8 Å². The number of carboxylic acid groups (broad SMARTS) is 1. The van der Waals surface area contributed by atoms with Gasteiger partial charge in [-0.2, -0.15) is 4.98 Å². The van der Waals surface area contributed by atoms with Gasteiger partial charge in [0.25, 0.3) is 0 Å². The first-order valence-electron chi connectivity index (χ1n) is 12.6. The summed E-state index contributed by atoms with van der Waals surface area (Å²) in [6.07, 6.45) is 4.45. The Morgan fingerprint density at radius 2 is 1.73 bits per heavy atom. The molecule has 1 aliphatic rings. The molecule has 210 valence electrons. The fourth-order valence-corrected chi connectivity index (χ4v) is 5.05. The van der Waals surface area contributed by atoms with Crippen LogP contribution in [0.3, 0.4) is 0 Å². The number of aromatic nitrogens is 4. The molecular weight excluding hydrogens is 520 g/mol. The second-order valence-corrected chi connectivity index (χ2v) is 9.29. The maximum Gasteiger partial charge on any atom is 0.326 e. The molecule has 0 radical (unpaired) electrons. The average molecular weight is 551 g/mol. The Hall–Kier alpha value is -4.46. The first-order valence-corrected chi connectivity index (χ1v) is 12.6. The fraction of sp³-hybridized carbons (Fsp3) is 0.333. The van der Waals surface area contributed by atoms with E-state index in [4.69, 9.17) is 14.5 Å². The van der Waals surface area contributed by atoms with Crippen molar-refractivity contribution in [1.82, 2.24) is 19.5 Å². The number of aliphatic hydroxyl groups excluding tert-OH is 3. The molecule has 1 saturated heterocycles. The number of hydrogen-bond donors (Lipinski definition) is 5. The predicted molar refractivity (Wildman–Crippen MR) is 145 cm³/mol. The first-order chi connectivity index (χ1) is 19.4. The monoisotopic (exact) mass is 550 g/mol. The topological polar surface area (TPSA) is 175 Å². The van der Waals surface area contributed by atoms with E-state index >= 15 is 0 Å². The van der Waals surface area contributed by atoms with E-state index in [0.29, 0.717) is 75.8 Å². The lowest BCUT2D eigenvalue weighted by molar-refractivity contribution is -0.138. The maximum atomic E-state index is 12.0. The van der Waals surface area contributed by atoms with E-state index in [1.807, 2.05) is 0 Å². The number of rotatable bonds is 10. The Morgan fingerprint density at radius 3 is 2.35 bits per heavy atom. The lowest BCUT2D eigenvalue weighted by atomic mass is 10.0. The number of aliphatic carboxylic acids is 1. The Labute approximate surface area is 229 Å². The highest BCUT2D eigenvalue weighted by Gasteiger charge is 2.33. The minimum absolute atomic E-state index is 0.207. The van der Waals surface area contributed by atoms with Gasteiger partial charge < -0.3 is 44.7 Å². The van der Waals surface area contributed by atoms with Gasteiger partial charge in [-0.15, -0.1) is 0 Å². The molecular formula is C27H30N6O7. The zero-order chi connectivity index (χ0) is 28.4. The van der Waals surface area contributed by atoms with Gasteiger partial charge in [-0.1, -0.05) is 0 Å². The van der Waals surface area contributed by atoms with Crippen molar-refractivity contribution >= 4 is 34.5 Å². The van der Waals surface area contributed by atoms with Crippen molar-refractivity contribution in [3.05, 3.63) is 53.5 Å². The maximum absolute atomic E-state index is 12.0. The minimum atomic E-state index is -0.922. The number of anilines is 3. The molecule has 2 aromatic carbocycles. The highest BCUT2D eigenvalue weighted by molar-refractivity contribution is 5.95. The lowest BCUT2D eigenvalue weighted by Gasteiger charge is -2.24. The zero-order valence-corrected chi connectivity index (χ0v) is 22.0. The van der Waals surface area contributed by atoms with Crippen LogP contribution in [0.1, 0.15) is 29.5 Å². The molecule has 0 bridgehead atoms. The Balaban J connectivity index is 1.55. The normalized spacial score (nSPS) is 15.0. The van der Waals surface area contributed by atoms with Crippen LogP contribution in [0.5, 0.6) is 11.5 Å². The van der Waals surface area contributed by atoms with Crippen molar-refractivity contribution in [2.75, 3.05) is 31.0 Å². The zero-order valence-electron chi connectivity index (χ0n) is 22.0. The molecule has 3 heterocycles. The van der Waals surface area contributed by atoms with Gasteiger partial charge in [0.15, 0.2) is 17.3 Å². The van der Waals surface area contributed by atoms with Gasteiger partial charge in [-0.05, 0) is 47.7 Å². The molecule has 13 heteroatoms. The van der Waals surface area contributed by atoms with Crippen molar-refractivity contribution in [1.29, 1.82) is 0 Å². The van der Waals surface area contributed by atoms with E-state index in [9.17, 15) is 25.2 Å². The van der Waals surface area contributed by atoms with Gasteiger partial charge in [0, 0.05) is 23.7 Å². The van der Waals surface area contributed by atoms with E-state index in [2.05, 4.69) is 15.3 Å². The Morgan fingerprint density at radius 1 is 1.02 bits per heavy atom. The van der Waals surface area contributed by atoms with Crippen LogP contribution < -0.4 is 19.7 Å². The highest BCUT2D eigenvalue weighted by atomic mass is 16.5. The number of hydrogen-bond acceptors (Lipinski definition) is 11. The number of carboxylic acids is 1. The van der Waals surface area contributed by atoms with Crippen molar-refractivity contribution < 1.29 is 34.7 Å². The van der Waals surface area contributed by atoms with E-state index < -0.39 is 12.0 Å². The second kappa shape index (κ2) is 11.3. The number of carbonyl (C=O) groups is 1. The summed E-state index contributed by atoms with van der Waals surface area (Å²) in [6, 6.07) is 6.15. The minimum Gasteiger partial charge on any atom is -0.493 e. The summed E-state index contributed by atoms with van der Waals surface area (Å²) in [5.74, 6) is 1.09. The number of ether oxygens (including phenoxy) is 2. The second-order valence-electron chi connectivity index (χ2n) is 9.29. The number of imidazole rings is 1. The van der Waals surface area contributed by atoms with Crippen LogP contribution in [-0.4, -0.2) is 72.7 Å². The molecule has 13 nitrogen and oxygen atoms in total. The van der Waals surface area contributed by atoms with Gasteiger partial charge >= 0.3 is 5.97 Å². The van der Waals surface area contributed by atoms with Crippen LogP contribution in [-0.2, 0) is 24.6 Å². The molecule has 0 aliphatic carbocycles. The van der Waals surface area contributed by atoms with Crippen LogP contribution in [0.15, 0.2) is 36.8 Å². The van der Waals surface area contributed by atoms with Crippen molar-refractivity contribution in [2.24, 2.45) is 0 Å². The highest BCUT2D eigenvalue weighted by Crippen LogP contribution is 2.38. The lowest BCUT2D eigenvalue weighted by Crippen LogP contribution is -2.36. The van der Waals surface area contributed by atoms with Gasteiger partial charge in [-0.3, -0.25) is 0 Å². The number of benzene rings is 2. The van der Waals surface area contributed by atoms with Gasteiger partial charge in [0.2, 0.25) is 5.95 Å². The van der Waals surface area contributed by atoms with Crippen LogP contribution in [0.4, 0.5) is 17.6 Å². The van der Waals surface area contributed by atoms with Gasteiger partial charge in [0.05, 0.1) is 45.8 Å². The van der Waals surface area contributed by atoms with Crippen LogP contribution in [0.2, 0.25) is 0 Å². The molecule has 0 amide bonds. The smallest absolute Gasteiger partial charge is 0.326 e. The standard InChI is InChI=1S/C27H30N6O7/c1-39-22-8-18-20(9-23(22)40-2)29-27(31-25(18)33-5-3-4-21(33)26(37)38)30-24-10-32(14-28-24)17-6-15(11-34)19(13-36)16(7-17)12-35/h6-10,14,21,34-36H,3-5,11-13H2,1-2H3,(H,37,38)(H,29,30,31)/t21-/m0/s1. The third-order valence-corrected chi connectivity index (χ3v) is 7.03. The van der Waals surface area contributed by atoms with Crippen molar-refractivity contribution in [3.8, 4) is 17.2 Å². The van der Waals surface area contributed by atoms with E-state index in [1.54, 1.807) is 46.3 Å². The first kappa shape index (κ1) is 27.1. The van der Waals surface area contributed by atoms with Crippen LogP contribution in [0, 0.1) is 0 Å². The third kappa shape index (κ3) is 4.97. The molecule has 1 atom stereocenters. The SMILES string of the molecule is COc1cc2nc(Nc3cn(-c4cc(CO)c(CO)c(CO)c4)cn3)nc(N3CCC[C@H]3C(=O)O)c2cc1OC. The molecule has 2 aromatic heterocycles. The van der Waals surface area contributed by atoms with Crippen molar-refractivity contribution in [3.63, 3.8) is 0 Å². The summed E-state index contributed by atoms with van der Waals surface area (Å²) in [7, 11) is 3.05. The number of fused-ring (bicyclic) bond motifs is 1. The van der Waals surface area contributed by atoms with Gasteiger partial charge in [-0.25, -0.2) is 14.8 Å². The fourth-order valence-electron chi connectivity index (χ4n) is 5.05. The van der Waals surface area contributed by atoms with E-state index in [0.717, 1.165) is 0 Å². The van der Waals surface area contributed by atoms with Gasteiger partial charge in [0.1, 0.15) is 18.2 Å². The Kier molecular flexibility index (Phi) is 7.69. The summed E-state index contributed by atoms with van der Waals surface area (Å²) >= 11 is 0. The van der Waals surface area contributed by atoms with Crippen LogP contribution >= 0.6 is 0 Å². The molecule has 5 N–H and O–H groups in total.